The first-order valence-corrected chi connectivity index (χ1v) is 12.0. The average Bonchev–Trinajstić information content (AvgIpc) is 3.28. The van der Waals surface area contributed by atoms with Gasteiger partial charge in [0.1, 0.15) is 5.82 Å². The van der Waals surface area contributed by atoms with Crippen molar-refractivity contribution in [3.05, 3.63) is 47.5 Å². The molecule has 2 aromatic rings. The molecule has 160 valence electrons. The number of sulfone groups is 1. The van der Waals surface area contributed by atoms with Gasteiger partial charge in [-0.25, -0.2) is 17.8 Å². The molecule has 1 unspecified atom stereocenters. The van der Waals surface area contributed by atoms with Crippen molar-refractivity contribution in [2.24, 2.45) is 5.92 Å². The summed E-state index contributed by atoms with van der Waals surface area (Å²) in [4.78, 5) is 6.58. The first-order valence-electron chi connectivity index (χ1n) is 10.4. The van der Waals surface area contributed by atoms with Gasteiger partial charge in [0, 0.05) is 25.6 Å². The molecule has 1 aromatic carbocycles. The number of likely N-dealkylation sites (tertiary alicyclic amines) is 1. The molecule has 0 aliphatic carbocycles. The van der Waals surface area contributed by atoms with Gasteiger partial charge in [-0.2, -0.15) is 0 Å². The lowest BCUT2D eigenvalue weighted by Gasteiger charge is -2.19. The fraction of sp³-hybridized carbons (Fsp3) is 0.591. The highest BCUT2D eigenvalue weighted by Gasteiger charge is 2.30. The Labute approximate surface area is 173 Å². The second-order valence-corrected chi connectivity index (χ2v) is 11.1. The highest BCUT2D eigenvalue weighted by Crippen LogP contribution is 2.30. The van der Waals surface area contributed by atoms with Crippen LogP contribution < -0.4 is 0 Å². The molecule has 1 atom stereocenters. The monoisotopic (exact) mass is 421 g/mol. The molecule has 0 saturated carbocycles. The lowest BCUT2D eigenvalue weighted by Crippen LogP contribution is -2.24. The van der Waals surface area contributed by atoms with Crippen molar-refractivity contribution < 1.29 is 12.8 Å². The number of benzene rings is 1. The molecule has 1 aliphatic rings. The Bertz CT molecular complexity index is 937. The largest absolute Gasteiger partial charge is 0.318 e. The van der Waals surface area contributed by atoms with Crippen LogP contribution in [0.5, 0.6) is 0 Å². The zero-order valence-corrected chi connectivity index (χ0v) is 18.6. The van der Waals surface area contributed by atoms with E-state index in [4.69, 9.17) is 0 Å². The zero-order chi connectivity index (χ0) is 21.2. The van der Waals surface area contributed by atoms with Crippen molar-refractivity contribution >= 4 is 9.84 Å². The molecule has 5 nitrogen and oxygen atoms in total. The van der Waals surface area contributed by atoms with Crippen molar-refractivity contribution in [1.29, 1.82) is 0 Å². The molecule has 1 saturated heterocycles. The van der Waals surface area contributed by atoms with Crippen LogP contribution in [-0.4, -0.2) is 41.2 Å². The number of rotatable bonds is 8. The van der Waals surface area contributed by atoms with E-state index in [0.29, 0.717) is 19.0 Å². The van der Waals surface area contributed by atoms with Crippen molar-refractivity contribution in [2.75, 3.05) is 13.1 Å². The van der Waals surface area contributed by atoms with Gasteiger partial charge in [-0.05, 0) is 50.8 Å². The quantitative estimate of drug-likeness (QED) is 0.640. The summed E-state index contributed by atoms with van der Waals surface area (Å²) in [5, 5.41) is -0.333. The molecule has 29 heavy (non-hydrogen) atoms. The van der Waals surface area contributed by atoms with Crippen molar-refractivity contribution in [3.8, 4) is 0 Å². The Balaban J connectivity index is 1.80. The van der Waals surface area contributed by atoms with E-state index < -0.39 is 15.1 Å². The molecule has 1 aromatic heterocycles. The van der Waals surface area contributed by atoms with E-state index in [0.717, 1.165) is 37.2 Å². The number of aromatic nitrogens is 2. The Morgan fingerprint density at radius 1 is 1.21 bits per heavy atom. The number of hydrogen-bond donors (Lipinski definition) is 0. The topological polar surface area (TPSA) is 55.2 Å². The van der Waals surface area contributed by atoms with Crippen molar-refractivity contribution in [3.63, 3.8) is 0 Å². The normalized spacial score (nSPS) is 18.2. The molecule has 7 heteroatoms. The SMILES string of the molecule is CC(C)CCn1c(CN2CCC(c3ccccc3F)C2)cnc1S(=O)(=O)C(C)C. The van der Waals surface area contributed by atoms with Gasteiger partial charge in [0.25, 0.3) is 0 Å². The molecular formula is C22H32FN3O2S. The van der Waals surface area contributed by atoms with Crippen LogP contribution in [0, 0.1) is 11.7 Å². The van der Waals surface area contributed by atoms with Gasteiger partial charge < -0.3 is 4.57 Å². The summed E-state index contributed by atoms with van der Waals surface area (Å²) in [6.45, 7) is 10.5. The van der Waals surface area contributed by atoms with Crippen LogP contribution in [-0.2, 0) is 22.9 Å². The number of imidazole rings is 1. The summed E-state index contributed by atoms with van der Waals surface area (Å²) >= 11 is 0. The zero-order valence-electron chi connectivity index (χ0n) is 17.8. The highest BCUT2D eigenvalue weighted by molar-refractivity contribution is 7.91. The van der Waals surface area contributed by atoms with E-state index in [1.165, 1.54) is 6.07 Å². The number of nitrogens with zero attached hydrogens (tertiary/aromatic N) is 3. The van der Waals surface area contributed by atoms with Crippen LogP contribution >= 0.6 is 0 Å². The van der Waals surface area contributed by atoms with Gasteiger partial charge in [0.2, 0.25) is 15.0 Å². The van der Waals surface area contributed by atoms with Crippen LogP contribution in [0.4, 0.5) is 4.39 Å². The molecule has 3 rings (SSSR count). The fourth-order valence-electron chi connectivity index (χ4n) is 3.85. The van der Waals surface area contributed by atoms with Crippen LogP contribution in [0.1, 0.15) is 57.7 Å². The van der Waals surface area contributed by atoms with E-state index >= 15 is 0 Å². The summed E-state index contributed by atoms with van der Waals surface area (Å²) in [7, 11) is -3.44. The third kappa shape index (κ3) is 4.89. The average molecular weight is 422 g/mol. The molecule has 2 heterocycles. The molecule has 0 N–H and O–H groups in total. The summed E-state index contributed by atoms with van der Waals surface area (Å²) < 4.78 is 41.6. The summed E-state index contributed by atoms with van der Waals surface area (Å²) in [6, 6.07) is 6.98. The van der Waals surface area contributed by atoms with Gasteiger partial charge in [-0.3, -0.25) is 4.90 Å². The molecule has 1 aliphatic heterocycles. The second-order valence-electron chi connectivity index (χ2n) is 8.70. The lowest BCUT2D eigenvalue weighted by molar-refractivity contribution is 0.312. The standard InChI is InChI=1S/C22H32FN3O2S/c1-16(2)9-12-26-19(13-24-22(26)29(27,28)17(3)4)15-25-11-10-18(14-25)20-7-5-6-8-21(20)23/h5-8,13,16-18H,9-12,14-15H2,1-4H3. The smallest absolute Gasteiger partial charge is 0.228 e. The van der Waals surface area contributed by atoms with Gasteiger partial charge >= 0.3 is 0 Å². The van der Waals surface area contributed by atoms with Gasteiger partial charge in [0.15, 0.2) is 0 Å². The second kappa shape index (κ2) is 8.96. The minimum atomic E-state index is -3.44. The molecule has 0 bridgehead atoms. The van der Waals surface area contributed by atoms with Gasteiger partial charge in [0.05, 0.1) is 17.1 Å². The van der Waals surface area contributed by atoms with Crippen LogP contribution in [0.3, 0.4) is 0 Å². The minimum Gasteiger partial charge on any atom is -0.318 e. The predicted octanol–water partition coefficient (Wildman–Crippen LogP) is 4.24. The summed E-state index contributed by atoms with van der Waals surface area (Å²) in [5.41, 5.74) is 1.69. The van der Waals surface area contributed by atoms with Crippen LogP contribution in [0.2, 0.25) is 0 Å². The summed E-state index contributed by atoms with van der Waals surface area (Å²) in [6.07, 6.45) is 3.49. The van der Waals surface area contributed by atoms with E-state index in [-0.39, 0.29) is 16.9 Å². The molecule has 0 spiro atoms. The summed E-state index contributed by atoms with van der Waals surface area (Å²) in [5.74, 6) is 0.491. The number of hydrogen-bond acceptors (Lipinski definition) is 4. The maximum atomic E-state index is 14.1. The predicted molar refractivity (Wildman–Crippen MR) is 113 cm³/mol. The number of halogens is 1. The van der Waals surface area contributed by atoms with Gasteiger partial charge in [-0.15, -0.1) is 0 Å². The van der Waals surface area contributed by atoms with E-state index in [2.05, 4.69) is 23.7 Å². The Morgan fingerprint density at radius 2 is 1.93 bits per heavy atom. The third-order valence-corrected chi connectivity index (χ3v) is 7.79. The van der Waals surface area contributed by atoms with Crippen molar-refractivity contribution in [1.82, 2.24) is 14.5 Å². The fourth-order valence-corrected chi connectivity index (χ4v) is 4.98. The van der Waals surface area contributed by atoms with Crippen LogP contribution in [0.25, 0.3) is 0 Å². The van der Waals surface area contributed by atoms with E-state index in [1.54, 1.807) is 26.1 Å². The molecule has 0 amide bonds. The Morgan fingerprint density at radius 3 is 2.59 bits per heavy atom. The molecule has 0 radical (unpaired) electrons. The Hall–Kier alpha value is -1.73. The minimum absolute atomic E-state index is 0.147. The first-order chi connectivity index (χ1) is 13.7. The van der Waals surface area contributed by atoms with E-state index in [1.807, 2.05) is 16.7 Å². The highest BCUT2D eigenvalue weighted by atomic mass is 32.2. The maximum Gasteiger partial charge on any atom is 0.228 e. The van der Waals surface area contributed by atoms with Crippen molar-refractivity contribution in [2.45, 2.75) is 70.0 Å². The maximum absolute atomic E-state index is 14.1. The third-order valence-electron chi connectivity index (χ3n) is 5.71. The van der Waals surface area contributed by atoms with Gasteiger partial charge in [-0.1, -0.05) is 32.0 Å². The molecular weight excluding hydrogens is 389 g/mol. The lowest BCUT2D eigenvalue weighted by atomic mass is 9.98. The Kier molecular flexibility index (Phi) is 6.79. The first kappa shape index (κ1) is 22.0. The molecule has 1 fully saturated rings. The van der Waals surface area contributed by atoms with E-state index in [9.17, 15) is 12.8 Å². The van der Waals surface area contributed by atoms with Crippen LogP contribution in [0.15, 0.2) is 35.6 Å².